The second-order valence-electron chi connectivity index (χ2n) is 3.68. The quantitative estimate of drug-likeness (QED) is 0.711. The molecule has 2 rings (SSSR count). The molecule has 15 heavy (non-hydrogen) atoms. The highest BCUT2D eigenvalue weighted by atomic mass is 35.5. The lowest BCUT2D eigenvalue weighted by atomic mass is 10.0. The van der Waals surface area contributed by atoms with Crippen molar-refractivity contribution < 1.29 is 0 Å². The lowest BCUT2D eigenvalue weighted by molar-refractivity contribution is 0.768. The minimum Gasteiger partial charge on any atom is -0.275 e. The van der Waals surface area contributed by atoms with Gasteiger partial charge in [-0.3, -0.25) is 4.68 Å². The van der Waals surface area contributed by atoms with Crippen molar-refractivity contribution in [3.8, 4) is 11.1 Å². The second-order valence-corrected chi connectivity index (χ2v) is 3.94. The zero-order valence-electron chi connectivity index (χ0n) is 8.87. The Morgan fingerprint density at radius 2 is 2.13 bits per heavy atom. The third-order valence-electron chi connectivity index (χ3n) is 2.52. The summed E-state index contributed by atoms with van der Waals surface area (Å²) in [5.41, 5.74) is 4.74. The van der Waals surface area contributed by atoms with E-state index in [1.54, 1.807) is 4.68 Å². The fraction of sp³-hybridized carbons (Fsp3) is 0.250. The maximum Gasteiger partial charge on any atom is 0.0568 e. The van der Waals surface area contributed by atoms with Gasteiger partial charge in [0.2, 0.25) is 0 Å². The van der Waals surface area contributed by atoms with E-state index in [4.69, 9.17) is 11.6 Å². The molecule has 0 N–H and O–H groups in total. The van der Waals surface area contributed by atoms with E-state index in [0.717, 1.165) is 5.56 Å². The molecule has 78 valence electrons. The van der Waals surface area contributed by atoms with Crippen LogP contribution in [0, 0.1) is 6.92 Å². The Balaban J connectivity index is 2.42. The molecule has 0 spiro atoms. The van der Waals surface area contributed by atoms with E-state index >= 15 is 0 Å². The zero-order valence-corrected chi connectivity index (χ0v) is 9.62. The highest BCUT2D eigenvalue weighted by Crippen LogP contribution is 2.22. The minimum atomic E-state index is 0.569. The number of nitrogens with zero attached hydrogens (tertiary/aromatic N) is 2. The monoisotopic (exact) mass is 220 g/mol. The van der Waals surface area contributed by atoms with Crippen LogP contribution in [-0.2, 0) is 12.9 Å². The zero-order chi connectivity index (χ0) is 10.8. The molecule has 0 aliphatic rings. The summed E-state index contributed by atoms with van der Waals surface area (Å²) in [7, 11) is 1.92. The van der Waals surface area contributed by atoms with Crippen LogP contribution in [0.3, 0.4) is 0 Å². The van der Waals surface area contributed by atoms with Crippen molar-refractivity contribution in [2.75, 3.05) is 0 Å². The number of aromatic nitrogens is 2. The number of alkyl halides is 1. The van der Waals surface area contributed by atoms with E-state index in [9.17, 15) is 0 Å². The molecule has 0 unspecified atom stereocenters. The highest BCUT2D eigenvalue weighted by Gasteiger charge is 2.02. The van der Waals surface area contributed by atoms with Gasteiger partial charge in [-0.25, -0.2) is 0 Å². The average Bonchev–Trinajstić information content (AvgIpc) is 2.65. The Bertz CT molecular complexity index is 474. The molecule has 0 amide bonds. The van der Waals surface area contributed by atoms with Crippen LogP contribution in [0.2, 0.25) is 0 Å². The van der Waals surface area contributed by atoms with Gasteiger partial charge in [0, 0.05) is 24.7 Å². The van der Waals surface area contributed by atoms with Crippen LogP contribution in [-0.4, -0.2) is 9.78 Å². The molecular weight excluding hydrogens is 208 g/mol. The van der Waals surface area contributed by atoms with Crippen molar-refractivity contribution in [2.45, 2.75) is 12.8 Å². The molecule has 2 aromatic rings. The van der Waals surface area contributed by atoms with Crippen LogP contribution in [0.25, 0.3) is 11.1 Å². The Morgan fingerprint density at radius 3 is 2.67 bits per heavy atom. The number of aryl methyl sites for hydroxylation is 2. The molecule has 0 atom stereocenters. The largest absolute Gasteiger partial charge is 0.275 e. The molecule has 0 fully saturated rings. The van der Waals surface area contributed by atoms with Crippen molar-refractivity contribution >= 4 is 11.6 Å². The molecule has 2 nitrogen and oxygen atoms in total. The molecule has 0 bridgehead atoms. The van der Waals surface area contributed by atoms with Crippen LogP contribution in [0.15, 0.2) is 30.6 Å². The van der Waals surface area contributed by atoms with Gasteiger partial charge in [-0.2, -0.15) is 5.10 Å². The lowest BCUT2D eigenvalue weighted by Gasteiger charge is -2.04. The molecule has 1 aromatic heterocycles. The van der Waals surface area contributed by atoms with Gasteiger partial charge in [0.25, 0.3) is 0 Å². The van der Waals surface area contributed by atoms with Crippen molar-refractivity contribution in [1.29, 1.82) is 0 Å². The van der Waals surface area contributed by atoms with Gasteiger partial charge in [-0.1, -0.05) is 18.2 Å². The summed E-state index contributed by atoms with van der Waals surface area (Å²) >= 11 is 5.82. The van der Waals surface area contributed by atoms with E-state index in [2.05, 4.69) is 30.2 Å². The Hall–Kier alpha value is -1.28. The molecule has 3 heteroatoms. The summed E-state index contributed by atoms with van der Waals surface area (Å²) in [5.74, 6) is 0.569. The van der Waals surface area contributed by atoms with Crippen LogP contribution < -0.4 is 0 Å². The molecule has 1 heterocycles. The Labute approximate surface area is 94.5 Å². The SMILES string of the molecule is Cc1cc(-c2cnn(C)c2)ccc1CCl. The third kappa shape index (κ3) is 2.05. The molecule has 0 saturated carbocycles. The number of halogens is 1. The summed E-state index contributed by atoms with van der Waals surface area (Å²) in [6.45, 7) is 2.08. The van der Waals surface area contributed by atoms with Crippen molar-refractivity contribution in [2.24, 2.45) is 7.05 Å². The average molecular weight is 221 g/mol. The predicted molar refractivity (Wildman–Crippen MR) is 62.9 cm³/mol. The first-order chi connectivity index (χ1) is 7.20. The third-order valence-corrected chi connectivity index (χ3v) is 2.81. The van der Waals surface area contributed by atoms with E-state index < -0.39 is 0 Å². The number of hydrogen-bond donors (Lipinski definition) is 0. The first-order valence-electron chi connectivity index (χ1n) is 4.85. The van der Waals surface area contributed by atoms with E-state index in [0.29, 0.717) is 5.88 Å². The number of hydrogen-bond acceptors (Lipinski definition) is 1. The minimum absolute atomic E-state index is 0.569. The Morgan fingerprint density at radius 1 is 1.33 bits per heavy atom. The maximum absolute atomic E-state index is 5.82. The van der Waals surface area contributed by atoms with Crippen LogP contribution in [0.1, 0.15) is 11.1 Å². The van der Waals surface area contributed by atoms with Crippen molar-refractivity contribution in [3.63, 3.8) is 0 Å². The van der Waals surface area contributed by atoms with Gasteiger partial charge in [0.05, 0.1) is 6.20 Å². The molecule has 0 saturated heterocycles. The second kappa shape index (κ2) is 4.07. The molecular formula is C12H13ClN2. The molecule has 0 aliphatic heterocycles. The first kappa shape index (κ1) is 10.2. The first-order valence-corrected chi connectivity index (χ1v) is 5.38. The maximum atomic E-state index is 5.82. The van der Waals surface area contributed by atoms with Gasteiger partial charge in [0.15, 0.2) is 0 Å². The van der Waals surface area contributed by atoms with Crippen LogP contribution in [0.4, 0.5) is 0 Å². The molecule has 0 aliphatic carbocycles. The molecule has 0 radical (unpaired) electrons. The normalized spacial score (nSPS) is 10.6. The fourth-order valence-electron chi connectivity index (χ4n) is 1.60. The smallest absolute Gasteiger partial charge is 0.0568 e. The molecule has 1 aromatic carbocycles. The summed E-state index contributed by atoms with van der Waals surface area (Å²) in [6, 6.07) is 6.31. The highest BCUT2D eigenvalue weighted by molar-refractivity contribution is 6.17. The summed E-state index contributed by atoms with van der Waals surface area (Å²) < 4.78 is 1.81. The van der Waals surface area contributed by atoms with Crippen molar-refractivity contribution in [3.05, 3.63) is 41.7 Å². The Kier molecular flexibility index (Phi) is 2.78. The number of benzene rings is 1. The summed E-state index contributed by atoms with van der Waals surface area (Å²) in [6.07, 6.45) is 3.88. The van der Waals surface area contributed by atoms with Gasteiger partial charge >= 0.3 is 0 Å². The van der Waals surface area contributed by atoms with E-state index in [1.807, 2.05) is 19.4 Å². The van der Waals surface area contributed by atoms with Crippen LogP contribution in [0.5, 0.6) is 0 Å². The van der Waals surface area contributed by atoms with E-state index in [-0.39, 0.29) is 0 Å². The number of rotatable bonds is 2. The van der Waals surface area contributed by atoms with E-state index in [1.165, 1.54) is 16.7 Å². The summed E-state index contributed by atoms with van der Waals surface area (Å²) in [4.78, 5) is 0. The van der Waals surface area contributed by atoms with Gasteiger partial charge in [-0.15, -0.1) is 11.6 Å². The predicted octanol–water partition coefficient (Wildman–Crippen LogP) is 3.13. The van der Waals surface area contributed by atoms with Gasteiger partial charge < -0.3 is 0 Å². The lowest BCUT2D eigenvalue weighted by Crippen LogP contribution is -1.86. The topological polar surface area (TPSA) is 17.8 Å². The van der Waals surface area contributed by atoms with Gasteiger partial charge in [-0.05, 0) is 23.6 Å². The fourth-order valence-corrected chi connectivity index (χ4v) is 1.90. The van der Waals surface area contributed by atoms with Gasteiger partial charge in [0.1, 0.15) is 0 Å². The summed E-state index contributed by atoms with van der Waals surface area (Å²) in [5, 5.41) is 4.16. The van der Waals surface area contributed by atoms with Crippen molar-refractivity contribution in [1.82, 2.24) is 9.78 Å². The standard InChI is InChI=1S/C12H13ClN2/c1-9-5-10(3-4-11(9)6-13)12-7-14-15(2)8-12/h3-5,7-8H,6H2,1-2H3. The van der Waals surface area contributed by atoms with Crippen LogP contribution >= 0.6 is 11.6 Å².